The summed E-state index contributed by atoms with van der Waals surface area (Å²) in [6.45, 7) is 3.64. The smallest absolute Gasteiger partial charge is 0.216 e. The predicted molar refractivity (Wildman–Crippen MR) is 70.4 cm³/mol. The fraction of sp³-hybridized carbons (Fsp3) is 0.909. The summed E-state index contributed by atoms with van der Waals surface area (Å²) in [5.41, 5.74) is 5.33. The van der Waals surface area contributed by atoms with Crippen molar-refractivity contribution >= 4 is 15.9 Å². The van der Waals surface area contributed by atoms with Gasteiger partial charge in [-0.1, -0.05) is 0 Å². The van der Waals surface area contributed by atoms with Crippen LogP contribution in [0.2, 0.25) is 0 Å². The van der Waals surface area contributed by atoms with Crippen LogP contribution in [-0.2, 0) is 14.8 Å². The van der Waals surface area contributed by atoms with Gasteiger partial charge in [0.1, 0.15) is 0 Å². The van der Waals surface area contributed by atoms with Crippen molar-refractivity contribution in [3.05, 3.63) is 0 Å². The molecule has 0 radical (unpaired) electrons. The van der Waals surface area contributed by atoms with Crippen molar-refractivity contribution in [3.63, 3.8) is 0 Å². The molecule has 0 unspecified atom stereocenters. The van der Waals surface area contributed by atoms with Crippen molar-refractivity contribution in [1.82, 2.24) is 9.62 Å². The van der Waals surface area contributed by atoms with Gasteiger partial charge < -0.3 is 11.1 Å². The molecule has 7 heteroatoms. The van der Waals surface area contributed by atoms with Crippen LogP contribution in [0.4, 0.5) is 0 Å². The van der Waals surface area contributed by atoms with E-state index in [0.29, 0.717) is 38.5 Å². The number of nitrogens with two attached hydrogens (primary N) is 1. The van der Waals surface area contributed by atoms with Crippen LogP contribution in [0.1, 0.15) is 26.2 Å². The summed E-state index contributed by atoms with van der Waals surface area (Å²) < 4.78 is 25.4. The Hall–Kier alpha value is -0.660. The number of nitrogens with one attached hydrogen (secondary N) is 1. The van der Waals surface area contributed by atoms with Crippen molar-refractivity contribution in [2.45, 2.75) is 26.2 Å². The van der Waals surface area contributed by atoms with Crippen LogP contribution in [-0.4, -0.2) is 50.6 Å². The molecular formula is C11H23N3O3S. The summed E-state index contributed by atoms with van der Waals surface area (Å²) in [6.07, 6.45) is 2.12. The highest BCUT2D eigenvalue weighted by Gasteiger charge is 2.27. The highest BCUT2D eigenvalue weighted by Crippen LogP contribution is 2.19. The molecule has 18 heavy (non-hydrogen) atoms. The summed E-state index contributed by atoms with van der Waals surface area (Å²) in [4.78, 5) is 10.8. The molecule has 106 valence electrons. The van der Waals surface area contributed by atoms with Gasteiger partial charge in [-0.3, -0.25) is 4.79 Å². The van der Waals surface area contributed by atoms with E-state index in [0.717, 1.165) is 12.8 Å². The lowest BCUT2D eigenvalue weighted by molar-refractivity contribution is -0.119. The molecule has 1 amide bonds. The van der Waals surface area contributed by atoms with Crippen LogP contribution in [0.15, 0.2) is 0 Å². The van der Waals surface area contributed by atoms with Gasteiger partial charge >= 0.3 is 0 Å². The lowest BCUT2D eigenvalue weighted by Crippen LogP contribution is -2.42. The Bertz CT molecular complexity index is 362. The molecular weight excluding hydrogens is 254 g/mol. The van der Waals surface area contributed by atoms with Gasteiger partial charge in [0.05, 0.1) is 5.75 Å². The Balaban J connectivity index is 2.36. The van der Waals surface area contributed by atoms with Crippen LogP contribution in [0, 0.1) is 5.92 Å². The Kier molecular flexibility index (Phi) is 6.04. The topological polar surface area (TPSA) is 92.5 Å². The maximum absolute atomic E-state index is 11.9. The van der Waals surface area contributed by atoms with Crippen LogP contribution in [0.3, 0.4) is 0 Å². The summed E-state index contributed by atoms with van der Waals surface area (Å²) >= 11 is 0. The number of rotatable bonds is 6. The van der Waals surface area contributed by atoms with E-state index in [1.165, 1.54) is 6.92 Å². The lowest BCUT2D eigenvalue weighted by Gasteiger charge is -2.31. The van der Waals surface area contributed by atoms with Crippen molar-refractivity contribution in [2.75, 3.05) is 31.9 Å². The molecule has 0 aromatic carbocycles. The summed E-state index contributed by atoms with van der Waals surface area (Å²) in [7, 11) is -3.13. The van der Waals surface area contributed by atoms with Gasteiger partial charge in [-0.25, -0.2) is 12.7 Å². The zero-order valence-electron chi connectivity index (χ0n) is 10.9. The second kappa shape index (κ2) is 7.06. The maximum atomic E-state index is 11.9. The van der Waals surface area contributed by atoms with Crippen molar-refractivity contribution in [2.24, 2.45) is 11.7 Å². The molecule has 3 N–H and O–H groups in total. The Labute approximate surface area is 109 Å². The third-order valence-electron chi connectivity index (χ3n) is 3.21. The second-order valence-corrected chi connectivity index (χ2v) is 6.83. The molecule has 0 aliphatic carbocycles. The standard InChI is InChI=1S/C11H23N3O3S/c1-10(15)13-9-11-3-6-14(7-4-11)18(16,17)8-2-5-12/h11H,2-9,12H2,1H3,(H,13,15). The van der Waals surface area contributed by atoms with E-state index in [1.807, 2.05) is 0 Å². The first-order chi connectivity index (χ1) is 8.45. The fourth-order valence-corrected chi connectivity index (χ4v) is 3.63. The van der Waals surface area contributed by atoms with Gasteiger partial charge in [-0.2, -0.15) is 0 Å². The van der Waals surface area contributed by atoms with Crippen LogP contribution < -0.4 is 11.1 Å². The van der Waals surface area contributed by atoms with E-state index in [2.05, 4.69) is 5.32 Å². The summed E-state index contributed by atoms with van der Waals surface area (Å²) in [6, 6.07) is 0. The molecule has 0 bridgehead atoms. The Morgan fingerprint density at radius 2 is 2.00 bits per heavy atom. The normalized spacial score (nSPS) is 18.8. The third kappa shape index (κ3) is 4.91. The predicted octanol–water partition coefficient (Wildman–Crippen LogP) is -0.487. The van der Waals surface area contributed by atoms with Gasteiger partial charge in [0, 0.05) is 26.6 Å². The molecule has 0 spiro atoms. The van der Waals surface area contributed by atoms with Crippen molar-refractivity contribution < 1.29 is 13.2 Å². The zero-order valence-corrected chi connectivity index (χ0v) is 11.7. The highest BCUT2D eigenvalue weighted by atomic mass is 32.2. The minimum Gasteiger partial charge on any atom is -0.356 e. The summed E-state index contributed by atoms with van der Waals surface area (Å²) in [5.74, 6) is 0.489. The molecule has 1 saturated heterocycles. The molecule has 1 rings (SSSR count). The van der Waals surface area contributed by atoms with Gasteiger partial charge in [0.25, 0.3) is 0 Å². The highest BCUT2D eigenvalue weighted by molar-refractivity contribution is 7.89. The third-order valence-corrected chi connectivity index (χ3v) is 5.17. The minimum absolute atomic E-state index is 0.0343. The number of nitrogens with zero attached hydrogens (tertiary/aromatic N) is 1. The minimum atomic E-state index is -3.13. The van der Waals surface area contributed by atoms with E-state index < -0.39 is 10.0 Å². The number of hydrogen-bond donors (Lipinski definition) is 2. The number of piperidine rings is 1. The van der Waals surface area contributed by atoms with E-state index in [-0.39, 0.29) is 11.7 Å². The average Bonchev–Trinajstić information content (AvgIpc) is 2.34. The first-order valence-corrected chi connectivity index (χ1v) is 7.99. The molecule has 1 fully saturated rings. The lowest BCUT2D eigenvalue weighted by atomic mass is 9.98. The zero-order chi connectivity index (χ0) is 13.6. The monoisotopic (exact) mass is 277 g/mol. The first kappa shape index (κ1) is 15.4. The molecule has 1 aliphatic heterocycles. The van der Waals surface area contributed by atoms with E-state index in [4.69, 9.17) is 5.73 Å². The average molecular weight is 277 g/mol. The van der Waals surface area contributed by atoms with Gasteiger partial charge in [-0.15, -0.1) is 0 Å². The fourth-order valence-electron chi connectivity index (χ4n) is 2.07. The second-order valence-electron chi connectivity index (χ2n) is 4.74. The van der Waals surface area contributed by atoms with Crippen LogP contribution >= 0.6 is 0 Å². The number of carbonyl (C=O) groups excluding carboxylic acids is 1. The number of sulfonamides is 1. The molecule has 0 aromatic heterocycles. The SMILES string of the molecule is CC(=O)NCC1CCN(S(=O)(=O)CCCN)CC1. The molecule has 0 aromatic rings. The van der Waals surface area contributed by atoms with Crippen molar-refractivity contribution in [1.29, 1.82) is 0 Å². The number of hydrogen-bond acceptors (Lipinski definition) is 4. The van der Waals surface area contributed by atoms with Gasteiger partial charge in [0.2, 0.25) is 15.9 Å². The number of carbonyl (C=O) groups is 1. The number of amides is 1. The van der Waals surface area contributed by atoms with Gasteiger partial charge in [0.15, 0.2) is 0 Å². The molecule has 0 atom stereocenters. The van der Waals surface area contributed by atoms with E-state index >= 15 is 0 Å². The Morgan fingerprint density at radius 1 is 1.39 bits per heavy atom. The largest absolute Gasteiger partial charge is 0.356 e. The quantitative estimate of drug-likeness (QED) is 0.685. The molecule has 1 heterocycles. The molecule has 6 nitrogen and oxygen atoms in total. The van der Waals surface area contributed by atoms with Crippen molar-refractivity contribution in [3.8, 4) is 0 Å². The maximum Gasteiger partial charge on any atom is 0.216 e. The van der Waals surface area contributed by atoms with Crippen LogP contribution in [0.5, 0.6) is 0 Å². The van der Waals surface area contributed by atoms with E-state index in [1.54, 1.807) is 4.31 Å². The van der Waals surface area contributed by atoms with Gasteiger partial charge in [-0.05, 0) is 31.7 Å². The molecule has 1 aliphatic rings. The van der Waals surface area contributed by atoms with E-state index in [9.17, 15) is 13.2 Å². The first-order valence-electron chi connectivity index (χ1n) is 6.38. The molecule has 0 saturated carbocycles. The van der Waals surface area contributed by atoms with Crippen LogP contribution in [0.25, 0.3) is 0 Å². The Morgan fingerprint density at radius 3 is 2.50 bits per heavy atom. The summed E-state index contributed by atoms with van der Waals surface area (Å²) in [5, 5.41) is 2.78.